The molecular formula is C21H21N3O2S. The fraction of sp³-hybridized carbons (Fsp3) is 0.286. The van der Waals surface area contributed by atoms with Crippen LogP contribution < -0.4 is 10.3 Å². The van der Waals surface area contributed by atoms with Crippen LogP contribution in [0.25, 0.3) is 0 Å². The van der Waals surface area contributed by atoms with Gasteiger partial charge in [-0.2, -0.15) is 5.10 Å². The number of carbonyl (C=O) groups excluding carboxylic acids is 2. The number of hydrogen-bond acceptors (Lipinski definition) is 4. The Morgan fingerprint density at radius 1 is 1.19 bits per heavy atom. The van der Waals surface area contributed by atoms with Crippen molar-refractivity contribution in [1.82, 2.24) is 5.32 Å². The third-order valence-electron chi connectivity index (χ3n) is 4.80. The van der Waals surface area contributed by atoms with Gasteiger partial charge in [-0.1, -0.05) is 30.3 Å². The van der Waals surface area contributed by atoms with Crippen molar-refractivity contribution in [3.8, 4) is 0 Å². The summed E-state index contributed by atoms with van der Waals surface area (Å²) in [5.74, 6) is 0.700. The molecule has 138 valence electrons. The lowest BCUT2D eigenvalue weighted by Crippen LogP contribution is -2.41. The fourth-order valence-electron chi connectivity index (χ4n) is 3.41. The quantitative estimate of drug-likeness (QED) is 0.882. The number of amides is 2. The van der Waals surface area contributed by atoms with Crippen LogP contribution in [0.2, 0.25) is 0 Å². The largest absolute Gasteiger partial charge is 0.344 e. The number of hydrazone groups is 1. The van der Waals surface area contributed by atoms with Crippen LogP contribution in [-0.2, 0) is 9.59 Å². The molecule has 0 unspecified atom stereocenters. The van der Waals surface area contributed by atoms with Gasteiger partial charge in [-0.25, -0.2) is 5.01 Å². The zero-order valence-corrected chi connectivity index (χ0v) is 16.0. The van der Waals surface area contributed by atoms with Crippen LogP contribution in [0.4, 0.5) is 5.69 Å². The maximum Gasteiger partial charge on any atom is 0.267 e. The van der Waals surface area contributed by atoms with E-state index < -0.39 is 0 Å². The Kier molecular flexibility index (Phi) is 4.99. The second kappa shape index (κ2) is 7.56. The Bertz CT molecular complexity index is 925. The van der Waals surface area contributed by atoms with Crippen molar-refractivity contribution in [2.24, 2.45) is 5.10 Å². The van der Waals surface area contributed by atoms with E-state index in [0.29, 0.717) is 17.8 Å². The molecule has 2 heterocycles. The average molecular weight is 379 g/mol. The van der Waals surface area contributed by atoms with Crippen LogP contribution in [-0.4, -0.2) is 23.3 Å². The third-order valence-corrected chi connectivity index (χ3v) is 5.93. The van der Waals surface area contributed by atoms with Gasteiger partial charge in [0.2, 0.25) is 5.91 Å². The zero-order valence-electron chi connectivity index (χ0n) is 15.1. The maximum absolute atomic E-state index is 12.8. The van der Waals surface area contributed by atoms with Gasteiger partial charge in [0.15, 0.2) is 0 Å². The smallest absolute Gasteiger partial charge is 0.267 e. The van der Waals surface area contributed by atoms with Crippen LogP contribution in [0.5, 0.6) is 0 Å². The van der Waals surface area contributed by atoms with E-state index in [-0.39, 0.29) is 24.3 Å². The van der Waals surface area contributed by atoms with E-state index in [9.17, 15) is 9.59 Å². The van der Waals surface area contributed by atoms with E-state index in [1.165, 1.54) is 9.90 Å². The summed E-state index contributed by atoms with van der Waals surface area (Å²) in [7, 11) is 0. The van der Waals surface area contributed by atoms with E-state index in [2.05, 4.69) is 22.6 Å². The first kappa shape index (κ1) is 17.8. The Labute approximate surface area is 162 Å². The number of fused-ring (bicyclic) bond motifs is 1. The minimum Gasteiger partial charge on any atom is -0.344 e. The number of aryl methyl sites for hydroxylation is 1. The number of carbonyl (C=O) groups is 2. The molecule has 6 heteroatoms. The molecular weight excluding hydrogens is 358 g/mol. The Balaban J connectivity index is 1.55. The number of hydrogen-bond donors (Lipinski definition) is 1. The average Bonchev–Trinajstić information content (AvgIpc) is 2.68. The molecule has 1 atom stereocenters. The SMILES string of the molecule is Cc1cccc(N2N=C(C(=O)N[C@H]3CCSc4ccccc43)CCC2=O)c1. The maximum atomic E-state index is 12.8. The van der Waals surface area contributed by atoms with Gasteiger partial charge < -0.3 is 5.32 Å². The molecule has 0 fully saturated rings. The molecule has 0 saturated carbocycles. The van der Waals surface area contributed by atoms with E-state index in [1.807, 2.05) is 55.1 Å². The lowest BCUT2D eigenvalue weighted by Gasteiger charge is -2.27. The van der Waals surface area contributed by atoms with Crippen molar-refractivity contribution in [2.45, 2.75) is 37.1 Å². The Hall–Kier alpha value is -2.60. The van der Waals surface area contributed by atoms with Gasteiger partial charge in [-0.05, 0) is 42.7 Å². The summed E-state index contributed by atoms with van der Waals surface area (Å²) in [5.41, 5.74) is 3.31. The predicted octanol–water partition coefficient (Wildman–Crippen LogP) is 3.83. The molecule has 27 heavy (non-hydrogen) atoms. The van der Waals surface area contributed by atoms with Crippen molar-refractivity contribution in [3.63, 3.8) is 0 Å². The van der Waals surface area contributed by atoms with Gasteiger partial charge in [0, 0.05) is 23.5 Å². The number of rotatable bonds is 3. The molecule has 2 amide bonds. The topological polar surface area (TPSA) is 61.8 Å². The van der Waals surface area contributed by atoms with Crippen molar-refractivity contribution < 1.29 is 9.59 Å². The van der Waals surface area contributed by atoms with E-state index in [1.54, 1.807) is 0 Å². The van der Waals surface area contributed by atoms with Crippen molar-refractivity contribution in [2.75, 3.05) is 10.8 Å². The molecule has 2 aromatic rings. The molecule has 2 aromatic carbocycles. The van der Waals surface area contributed by atoms with Crippen LogP contribution in [0.3, 0.4) is 0 Å². The summed E-state index contributed by atoms with van der Waals surface area (Å²) in [6, 6.07) is 15.8. The van der Waals surface area contributed by atoms with Gasteiger partial charge in [0.1, 0.15) is 5.71 Å². The fourth-order valence-corrected chi connectivity index (χ4v) is 4.54. The lowest BCUT2D eigenvalue weighted by molar-refractivity contribution is -0.119. The summed E-state index contributed by atoms with van der Waals surface area (Å²) in [4.78, 5) is 26.4. The second-order valence-electron chi connectivity index (χ2n) is 6.79. The molecule has 0 saturated heterocycles. The van der Waals surface area contributed by atoms with Crippen LogP contribution >= 0.6 is 11.8 Å². The number of thioether (sulfide) groups is 1. The van der Waals surface area contributed by atoms with E-state index in [4.69, 9.17) is 0 Å². The molecule has 2 aliphatic heterocycles. The summed E-state index contributed by atoms with van der Waals surface area (Å²) < 4.78 is 0. The van der Waals surface area contributed by atoms with Gasteiger partial charge in [-0.3, -0.25) is 9.59 Å². The number of anilines is 1. The summed E-state index contributed by atoms with van der Waals surface area (Å²) in [6.45, 7) is 1.97. The number of nitrogens with zero attached hydrogens (tertiary/aromatic N) is 2. The number of benzene rings is 2. The predicted molar refractivity (Wildman–Crippen MR) is 108 cm³/mol. The van der Waals surface area contributed by atoms with Crippen LogP contribution in [0, 0.1) is 6.92 Å². The van der Waals surface area contributed by atoms with Crippen molar-refractivity contribution >= 4 is 35.0 Å². The zero-order chi connectivity index (χ0) is 18.8. The molecule has 1 N–H and O–H groups in total. The highest BCUT2D eigenvalue weighted by molar-refractivity contribution is 7.99. The van der Waals surface area contributed by atoms with Crippen LogP contribution in [0.15, 0.2) is 58.5 Å². The van der Waals surface area contributed by atoms with Gasteiger partial charge in [0.25, 0.3) is 5.91 Å². The first-order chi connectivity index (χ1) is 13.1. The molecule has 2 aliphatic rings. The highest BCUT2D eigenvalue weighted by atomic mass is 32.2. The Morgan fingerprint density at radius 2 is 2.04 bits per heavy atom. The molecule has 0 radical (unpaired) electrons. The minimum absolute atomic E-state index is 0.0114. The number of nitrogens with one attached hydrogen (secondary N) is 1. The molecule has 0 bridgehead atoms. The van der Waals surface area contributed by atoms with Gasteiger partial charge >= 0.3 is 0 Å². The standard InChI is InChI=1S/C21H21N3O2S/c1-14-5-4-6-15(13-14)24-20(25)10-9-18(23-24)21(26)22-17-11-12-27-19-8-3-2-7-16(17)19/h2-8,13,17H,9-12H2,1H3,(H,22,26)/t17-/m0/s1. The first-order valence-electron chi connectivity index (χ1n) is 9.11. The summed E-state index contributed by atoms with van der Waals surface area (Å²) >= 11 is 1.82. The summed E-state index contributed by atoms with van der Waals surface area (Å²) in [5, 5.41) is 8.86. The van der Waals surface area contributed by atoms with Gasteiger partial charge in [-0.15, -0.1) is 11.8 Å². The highest BCUT2D eigenvalue weighted by Crippen LogP contribution is 2.35. The van der Waals surface area contributed by atoms with Crippen molar-refractivity contribution in [3.05, 3.63) is 59.7 Å². The normalized spacial score (nSPS) is 19.3. The third kappa shape index (κ3) is 3.76. The highest BCUT2D eigenvalue weighted by Gasteiger charge is 2.28. The van der Waals surface area contributed by atoms with Crippen molar-refractivity contribution in [1.29, 1.82) is 0 Å². The monoisotopic (exact) mass is 379 g/mol. The lowest BCUT2D eigenvalue weighted by atomic mass is 10.0. The van der Waals surface area contributed by atoms with Gasteiger partial charge in [0.05, 0.1) is 11.7 Å². The molecule has 4 rings (SSSR count). The van der Waals surface area contributed by atoms with Crippen LogP contribution in [0.1, 0.15) is 36.4 Å². The molecule has 5 nitrogen and oxygen atoms in total. The summed E-state index contributed by atoms with van der Waals surface area (Å²) in [6.07, 6.45) is 1.55. The molecule has 0 aromatic heterocycles. The Morgan fingerprint density at radius 3 is 2.89 bits per heavy atom. The molecule has 0 aliphatic carbocycles. The van der Waals surface area contributed by atoms with E-state index in [0.717, 1.165) is 23.3 Å². The second-order valence-corrected chi connectivity index (χ2v) is 7.93. The minimum atomic E-state index is -0.188. The molecule has 0 spiro atoms. The first-order valence-corrected chi connectivity index (χ1v) is 10.1. The van der Waals surface area contributed by atoms with E-state index >= 15 is 0 Å².